The minimum Gasteiger partial charge on any atom is -0.351 e. The van der Waals surface area contributed by atoms with Crippen LogP contribution in [0, 0.1) is 5.92 Å². The molecule has 3 aliphatic heterocycles. The summed E-state index contributed by atoms with van der Waals surface area (Å²) in [4.78, 5) is 31.3. The van der Waals surface area contributed by atoms with Crippen molar-refractivity contribution < 1.29 is 4.79 Å². The van der Waals surface area contributed by atoms with E-state index in [1.807, 2.05) is 13.2 Å². The minimum atomic E-state index is 0.128. The number of carbonyl (C=O) groups excluding carboxylic acids is 1. The SMILES string of the molecule is C[C@H](Nc1ncc2c(n1)N(C1CCCC1)CC(=O)N2C)C1CCN(C2CCN(C)CC2)CC1. The summed E-state index contributed by atoms with van der Waals surface area (Å²) in [6.45, 7) is 7.59. The monoisotopic (exact) mass is 455 g/mol. The summed E-state index contributed by atoms with van der Waals surface area (Å²) in [5.74, 6) is 2.39. The highest BCUT2D eigenvalue weighted by Gasteiger charge is 2.35. The van der Waals surface area contributed by atoms with Gasteiger partial charge in [0.25, 0.3) is 0 Å². The van der Waals surface area contributed by atoms with E-state index in [1.54, 1.807) is 4.90 Å². The van der Waals surface area contributed by atoms with Crippen molar-refractivity contribution in [3.05, 3.63) is 6.20 Å². The predicted molar refractivity (Wildman–Crippen MR) is 133 cm³/mol. The number of likely N-dealkylation sites (tertiary alicyclic amines) is 2. The van der Waals surface area contributed by atoms with Crippen LogP contribution in [0.2, 0.25) is 0 Å². The summed E-state index contributed by atoms with van der Waals surface area (Å²) in [6.07, 6.45) is 11.7. The Balaban J connectivity index is 1.22. The topological polar surface area (TPSA) is 67.8 Å². The lowest BCUT2D eigenvalue weighted by Gasteiger charge is -2.42. The summed E-state index contributed by atoms with van der Waals surface area (Å²) >= 11 is 0. The molecule has 1 aromatic heterocycles. The second kappa shape index (κ2) is 9.74. The molecule has 3 fully saturated rings. The van der Waals surface area contributed by atoms with Gasteiger partial charge in [0, 0.05) is 25.2 Å². The highest BCUT2D eigenvalue weighted by Crippen LogP contribution is 2.36. The van der Waals surface area contributed by atoms with Crippen molar-refractivity contribution >= 4 is 23.4 Å². The smallest absolute Gasteiger partial charge is 0.246 e. The number of piperidine rings is 2. The molecule has 1 atom stereocenters. The van der Waals surface area contributed by atoms with Crippen LogP contribution in [0.1, 0.15) is 58.3 Å². The maximum absolute atomic E-state index is 12.6. The van der Waals surface area contributed by atoms with E-state index in [2.05, 4.69) is 39.0 Å². The van der Waals surface area contributed by atoms with Gasteiger partial charge in [-0.1, -0.05) is 12.8 Å². The lowest BCUT2D eigenvalue weighted by atomic mass is 9.88. The van der Waals surface area contributed by atoms with Gasteiger partial charge in [0.1, 0.15) is 5.69 Å². The molecule has 0 aromatic carbocycles. The van der Waals surface area contributed by atoms with Crippen LogP contribution >= 0.6 is 0 Å². The van der Waals surface area contributed by atoms with Gasteiger partial charge in [-0.3, -0.25) is 4.79 Å². The average Bonchev–Trinajstić information content (AvgIpc) is 3.37. The van der Waals surface area contributed by atoms with E-state index >= 15 is 0 Å². The molecule has 0 spiro atoms. The third-order valence-electron chi connectivity index (χ3n) is 8.67. The Hall–Kier alpha value is -1.93. The fourth-order valence-corrected chi connectivity index (χ4v) is 6.33. The third kappa shape index (κ3) is 4.83. The van der Waals surface area contributed by atoms with Gasteiger partial charge in [0.05, 0.1) is 12.7 Å². The quantitative estimate of drug-likeness (QED) is 0.732. The van der Waals surface area contributed by atoms with Crippen LogP contribution in [-0.2, 0) is 4.79 Å². The van der Waals surface area contributed by atoms with Crippen LogP contribution in [-0.4, -0.2) is 90.6 Å². The summed E-state index contributed by atoms with van der Waals surface area (Å²) < 4.78 is 0. The molecule has 0 radical (unpaired) electrons. The van der Waals surface area contributed by atoms with Gasteiger partial charge in [0.2, 0.25) is 11.9 Å². The zero-order chi connectivity index (χ0) is 22.9. The molecule has 1 aromatic rings. The van der Waals surface area contributed by atoms with E-state index in [1.165, 1.54) is 64.7 Å². The first-order chi connectivity index (χ1) is 16.0. The lowest BCUT2D eigenvalue weighted by molar-refractivity contribution is -0.117. The van der Waals surface area contributed by atoms with Crippen molar-refractivity contribution in [1.82, 2.24) is 19.8 Å². The summed E-state index contributed by atoms with van der Waals surface area (Å²) in [7, 11) is 4.08. The van der Waals surface area contributed by atoms with Gasteiger partial charge in [0.15, 0.2) is 5.82 Å². The zero-order valence-corrected chi connectivity index (χ0v) is 20.7. The molecule has 0 bridgehead atoms. The van der Waals surface area contributed by atoms with Crippen LogP contribution < -0.4 is 15.1 Å². The van der Waals surface area contributed by atoms with E-state index in [0.29, 0.717) is 30.5 Å². The maximum atomic E-state index is 12.6. The van der Waals surface area contributed by atoms with Gasteiger partial charge in [-0.15, -0.1) is 0 Å². The number of hydrogen-bond acceptors (Lipinski definition) is 7. The second-order valence-corrected chi connectivity index (χ2v) is 10.8. The minimum absolute atomic E-state index is 0.128. The van der Waals surface area contributed by atoms with E-state index in [0.717, 1.165) is 30.4 Å². The number of likely N-dealkylation sites (N-methyl/N-ethyl adjacent to an activating group) is 1. The van der Waals surface area contributed by atoms with Crippen LogP contribution in [0.5, 0.6) is 0 Å². The van der Waals surface area contributed by atoms with Gasteiger partial charge in [-0.05, 0) is 84.6 Å². The van der Waals surface area contributed by atoms with Crippen LogP contribution in [0.15, 0.2) is 6.20 Å². The molecule has 1 saturated carbocycles. The Kier molecular flexibility index (Phi) is 6.74. The predicted octanol–water partition coefficient (Wildman–Crippen LogP) is 2.81. The van der Waals surface area contributed by atoms with Crippen molar-refractivity contribution in [2.45, 2.75) is 76.4 Å². The largest absolute Gasteiger partial charge is 0.351 e. The molecule has 4 heterocycles. The van der Waals surface area contributed by atoms with Crippen molar-refractivity contribution in [1.29, 1.82) is 0 Å². The highest BCUT2D eigenvalue weighted by molar-refractivity contribution is 6.02. The molecule has 4 aliphatic rings. The maximum Gasteiger partial charge on any atom is 0.246 e. The van der Waals surface area contributed by atoms with Crippen molar-refractivity contribution in [2.24, 2.45) is 5.92 Å². The normalized spacial score (nSPS) is 25.5. The van der Waals surface area contributed by atoms with Gasteiger partial charge in [-0.2, -0.15) is 4.98 Å². The van der Waals surface area contributed by atoms with Crippen molar-refractivity contribution in [2.75, 3.05) is 61.9 Å². The molecule has 8 heteroatoms. The number of anilines is 3. The zero-order valence-electron chi connectivity index (χ0n) is 20.7. The third-order valence-corrected chi connectivity index (χ3v) is 8.67. The first kappa shape index (κ1) is 22.8. The van der Waals surface area contributed by atoms with E-state index in [4.69, 9.17) is 4.98 Å². The molecule has 1 amide bonds. The van der Waals surface area contributed by atoms with Crippen LogP contribution in [0.4, 0.5) is 17.5 Å². The number of fused-ring (bicyclic) bond motifs is 1. The summed E-state index contributed by atoms with van der Waals surface area (Å²) in [5.41, 5.74) is 0.836. The number of carbonyl (C=O) groups is 1. The Bertz CT molecular complexity index is 826. The second-order valence-electron chi connectivity index (χ2n) is 10.8. The Morgan fingerprint density at radius 3 is 2.36 bits per heavy atom. The molecule has 0 unspecified atom stereocenters. The number of rotatable bonds is 5. The number of amides is 1. The van der Waals surface area contributed by atoms with Gasteiger partial charge >= 0.3 is 0 Å². The summed E-state index contributed by atoms with van der Waals surface area (Å²) in [5, 5.41) is 3.62. The standard InChI is InChI=1S/C25H41N7O/c1-18(19-8-14-31(15-9-19)20-10-12-29(2)13-11-20)27-25-26-16-22-24(28-25)32(17-23(33)30(22)3)21-6-4-5-7-21/h16,18-21H,4-15,17H2,1-3H3,(H,26,27,28)/t18-/m0/s1. The number of nitrogens with one attached hydrogen (secondary N) is 1. The number of nitrogens with zero attached hydrogens (tertiary/aromatic N) is 6. The first-order valence-electron chi connectivity index (χ1n) is 13.1. The molecular weight excluding hydrogens is 414 g/mol. The Morgan fingerprint density at radius 1 is 0.970 bits per heavy atom. The average molecular weight is 456 g/mol. The Morgan fingerprint density at radius 2 is 1.67 bits per heavy atom. The first-order valence-corrected chi connectivity index (χ1v) is 13.1. The molecule has 1 aliphatic carbocycles. The van der Waals surface area contributed by atoms with Gasteiger partial charge < -0.3 is 24.9 Å². The van der Waals surface area contributed by atoms with E-state index in [9.17, 15) is 4.79 Å². The van der Waals surface area contributed by atoms with Crippen molar-refractivity contribution in [3.8, 4) is 0 Å². The molecule has 2 saturated heterocycles. The lowest BCUT2D eigenvalue weighted by Crippen LogP contribution is -2.49. The molecule has 5 rings (SSSR count). The number of hydrogen-bond donors (Lipinski definition) is 1. The highest BCUT2D eigenvalue weighted by atomic mass is 16.2. The molecule has 8 nitrogen and oxygen atoms in total. The molecule has 182 valence electrons. The van der Waals surface area contributed by atoms with Crippen LogP contribution in [0.25, 0.3) is 0 Å². The van der Waals surface area contributed by atoms with Crippen molar-refractivity contribution in [3.63, 3.8) is 0 Å². The van der Waals surface area contributed by atoms with E-state index < -0.39 is 0 Å². The van der Waals surface area contributed by atoms with E-state index in [-0.39, 0.29) is 5.91 Å². The molecule has 1 N–H and O–H groups in total. The molecular formula is C25H41N7O. The Labute approximate surface area is 198 Å². The fourth-order valence-electron chi connectivity index (χ4n) is 6.33. The summed E-state index contributed by atoms with van der Waals surface area (Å²) in [6, 6.07) is 1.53. The number of aromatic nitrogens is 2. The fraction of sp³-hybridized carbons (Fsp3) is 0.800. The molecule has 33 heavy (non-hydrogen) atoms. The van der Waals surface area contributed by atoms with Crippen LogP contribution in [0.3, 0.4) is 0 Å². The van der Waals surface area contributed by atoms with Gasteiger partial charge in [-0.25, -0.2) is 4.98 Å².